The first kappa shape index (κ1) is 23.0. The number of hydrogen-bond acceptors (Lipinski definition) is 6. The van der Waals surface area contributed by atoms with Crippen molar-refractivity contribution >= 4 is 17.3 Å². The highest BCUT2D eigenvalue weighted by molar-refractivity contribution is 5.97. The number of nitrogens with one attached hydrogen (secondary N) is 1. The van der Waals surface area contributed by atoms with E-state index in [1.165, 1.54) is 0 Å². The molecule has 37 heavy (non-hydrogen) atoms. The monoisotopic (exact) mass is 492 g/mol. The average molecular weight is 493 g/mol. The van der Waals surface area contributed by atoms with Crippen LogP contribution in [0.1, 0.15) is 46.5 Å². The number of esters is 1. The quantitative estimate of drug-likeness (QED) is 0.303. The molecule has 0 saturated heterocycles. The fourth-order valence-corrected chi connectivity index (χ4v) is 5.43. The van der Waals surface area contributed by atoms with Crippen LogP contribution >= 0.6 is 0 Å². The van der Waals surface area contributed by atoms with E-state index in [-0.39, 0.29) is 11.7 Å². The Morgan fingerprint density at radius 2 is 1.68 bits per heavy atom. The van der Waals surface area contributed by atoms with Crippen molar-refractivity contribution in [1.82, 2.24) is 0 Å². The number of hydrogen-bond donors (Lipinski definition) is 2. The van der Waals surface area contributed by atoms with Gasteiger partial charge in [-0.3, -0.25) is 0 Å². The number of phenolic OH excluding ortho intramolecular Hbond substituents is 1. The van der Waals surface area contributed by atoms with Crippen LogP contribution in [0.5, 0.6) is 17.2 Å². The first-order valence-corrected chi connectivity index (χ1v) is 12.6. The van der Waals surface area contributed by atoms with Crippen molar-refractivity contribution in [2.24, 2.45) is 0 Å². The molecule has 6 rings (SSSR count). The first-order valence-electron chi connectivity index (χ1n) is 12.6. The standard InChI is InChI=1S/C31H28N2O4/c1-3-33(4-2)22-13-14-26-29(18-22)36-28-15-12-21(32-19-20-8-7-9-23(34)16-20)17-27(28)31(26)25-11-6-5-10-24(25)30(35)37-31/h5-18,32,34H,3-4,19H2,1-2H3. The van der Waals surface area contributed by atoms with Gasteiger partial charge in [0.1, 0.15) is 17.2 Å². The molecule has 0 saturated carbocycles. The van der Waals surface area contributed by atoms with Gasteiger partial charge in [0.25, 0.3) is 0 Å². The molecular formula is C31H28N2O4. The van der Waals surface area contributed by atoms with Crippen molar-refractivity contribution in [3.8, 4) is 17.2 Å². The second-order valence-corrected chi connectivity index (χ2v) is 9.31. The van der Waals surface area contributed by atoms with Gasteiger partial charge < -0.3 is 24.8 Å². The highest BCUT2D eigenvalue weighted by atomic mass is 16.6. The predicted octanol–water partition coefficient (Wildman–Crippen LogP) is 6.42. The molecule has 2 N–H and O–H groups in total. The van der Waals surface area contributed by atoms with Gasteiger partial charge in [-0.25, -0.2) is 4.79 Å². The lowest BCUT2D eigenvalue weighted by atomic mass is 9.77. The Labute approximate surface area is 216 Å². The van der Waals surface area contributed by atoms with Gasteiger partial charge in [0.15, 0.2) is 5.60 Å². The summed E-state index contributed by atoms with van der Waals surface area (Å²) in [5, 5.41) is 13.2. The molecule has 6 nitrogen and oxygen atoms in total. The number of nitrogens with zero attached hydrogens (tertiary/aromatic N) is 1. The Hall–Kier alpha value is -4.45. The average Bonchev–Trinajstić information content (AvgIpc) is 3.21. The van der Waals surface area contributed by atoms with Gasteiger partial charge >= 0.3 is 5.97 Å². The van der Waals surface area contributed by atoms with Gasteiger partial charge in [-0.15, -0.1) is 0 Å². The number of aromatic hydroxyl groups is 1. The molecule has 186 valence electrons. The summed E-state index contributed by atoms with van der Waals surface area (Å²) in [6.45, 7) is 6.54. The Balaban J connectivity index is 1.48. The third kappa shape index (κ3) is 3.68. The number of anilines is 2. The lowest BCUT2D eigenvalue weighted by Gasteiger charge is -2.37. The van der Waals surface area contributed by atoms with E-state index >= 15 is 0 Å². The Kier molecular flexibility index (Phi) is 5.52. The van der Waals surface area contributed by atoms with Gasteiger partial charge in [-0.2, -0.15) is 0 Å². The van der Waals surface area contributed by atoms with Gasteiger partial charge in [0, 0.05) is 53.8 Å². The van der Waals surface area contributed by atoms with Crippen LogP contribution in [0, 0.1) is 0 Å². The molecule has 0 amide bonds. The summed E-state index contributed by atoms with van der Waals surface area (Å²) in [5.41, 5.74) is 4.71. The summed E-state index contributed by atoms with van der Waals surface area (Å²) < 4.78 is 12.8. The maximum absolute atomic E-state index is 13.1. The van der Waals surface area contributed by atoms with E-state index in [1.54, 1.807) is 12.1 Å². The Bertz CT molecular complexity index is 1510. The molecule has 1 spiro atoms. The van der Waals surface area contributed by atoms with E-state index < -0.39 is 5.60 Å². The van der Waals surface area contributed by atoms with Crippen LogP contribution in [-0.4, -0.2) is 24.2 Å². The molecule has 2 aliphatic rings. The fourth-order valence-electron chi connectivity index (χ4n) is 5.43. The number of carbonyl (C=O) groups is 1. The molecule has 4 aromatic carbocycles. The van der Waals surface area contributed by atoms with Crippen LogP contribution in [0.15, 0.2) is 84.9 Å². The minimum Gasteiger partial charge on any atom is -0.508 e. The van der Waals surface area contributed by atoms with Crippen molar-refractivity contribution in [2.75, 3.05) is 23.3 Å². The minimum absolute atomic E-state index is 0.229. The molecule has 4 aromatic rings. The number of benzene rings is 4. The molecule has 0 bridgehead atoms. The summed E-state index contributed by atoms with van der Waals surface area (Å²) in [4.78, 5) is 15.4. The maximum Gasteiger partial charge on any atom is 0.340 e. The number of ether oxygens (including phenoxy) is 2. The van der Waals surface area contributed by atoms with E-state index in [9.17, 15) is 9.90 Å². The number of carbonyl (C=O) groups excluding carboxylic acids is 1. The van der Waals surface area contributed by atoms with E-state index in [0.29, 0.717) is 23.6 Å². The molecule has 0 radical (unpaired) electrons. The third-order valence-electron chi connectivity index (χ3n) is 7.23. The molecule has 0 aliphatic carbocycles. The van der Waals surface area contributed by atoms with Gasteiger partial charge in [-0.05, 0) is 67.9 Å². The Morgan fingerprint density at radius 3 is 2.49 bits per heavy atom. The van der Waals surface area contributed by atoms with Crippen LogP contribution < -0.4 is 15.0 Å². The lowest BCUT2D eigenvalue weighted by molar-refractivity contribution is 0.0224. The molecule has 2 heterocycles. The summed E-state index contributed by atoms with van der Waals surface area (Å²) >= 11 is 0. The molecule has 1 atom stereocenters. The Morgan fingerprint density at radius 1 is 0.838 bits per heavy atom. The summed E-state index contributed by atoms with van der Waals surface area (Å²) in [6, 6.07) is 26.7. The van der Waals surface area contributed by atoms with Crippen molar-refractivity contribution in [3.05, 3.63) is 113 Å². The zero-order valence-electron chi connectivity index (χ0n) is 20.8. The van der Waals surface area contributed by atoms with Crippen LogP contribution in [0.2, 0.25) is 0 Å². The largest absolute Gasteiger partial charge is 0.508 e. The molecule has 0 fully saturated rings. The maximum atomic E-state index is 13.1. The summed E-state index contributed by atoms with van der Waals surface area (Å²) in [7, 11) is 0. The second kappa shape index (κ2) is 8.89. The van der Waals surface area contributed by atoms with E-state index in [1.807, 2.05) is 66.7 Å². The van der Waals surface area contributed by atoms with E-state index in [0.717, 1.165) is 46.7 Å². The number of phenols is 1. The highest BCUT2D eigenvalue weighted by Crippen LogP contribution is 2.57. The van der Waals surface area contributed by atoms with E-state index in [4.69, 9.17) is 9.47 Å². The highest BCUT2D eigenvalue weighted by Gasteiger charge is 2.53. The van der Waals surface area contributed by atoms with Crippen LogP contribution in [-0.2, 0) is 16.9 Å². The summed E-state index contributed by atoms with van der Waals surface area (Å²) in [6.07, 6.45) is 0. The topological polar surface area (TPSA) is 71.0 Å². The fraction of sp³-hybridized carbons (Fsp3) is 0.194. The first-order chi connectivity index (χ1) is 18.0. The van der Waals surface area contributed by atoms with Crippen LogP contribution in [0.3, 0.4) is 0 Å². The molecule has 2 aliphatic heterocycles. The second-order valence-electron chi connectivity index (χ2n) is 9.31. The number of rotatable bonds is 6. The van der Waals surface area contributed by atoms with Crippen LogP contribution in [0.25, 0.3) is 0 Å². The van der Waals surface area contributed by atoms with Gasteiger partial charge in [0.2, 0.25) is 0 Å². The SMILES string of the molecule is CCN(CC)c1ccc2c(c1)Oc1ccc(NCc3cccc(O)c3)cc1C21OC(=O)c2ccccc21. The molecular weight excluding hydrogens is 464 g/mol. The van der Waals surface area contributed by atoms with Gasteiger partial charge in [0.05, 0.1) is 5.56 Å². The smallest absolute Gasteiger partial charge is 0.340 e. The molecule has 0 aromatic heterocycles. The zero-order valence-corrected chi connectivity index (χ0v) is 20.8. The van der Waals surface area contributed by atoms with Crippen molar-refractivity contribution < 1.29 is 19.4 Å². The lowest BCUT2D eigenvalue weighted by Crippen LogP contribution is -2.33. The normalized spacial score (nSPS) is 16.9. The van der Waals surface area contributed by atoms with Crippen molar-refractivity contribution in [2.45, 2.75) is 26.0 Å². The number of fused-ring (bicyclic) bond motifs is 6. The van der Waals surface area contributed by atoms with E-state index in [2.05, 4.69) is 30.1 Å². The molecule has 1 unspecified atom stereocenters. The zero-order chi connectivity index (χ0) is 25.6. The minimum atomic E-state index is -1.11. The van der Waals surface area contributed by atoms with Crippen molar-refractivity contribution in [3.63, 3.8) is 0 Å². The van der Waals surface area contributed by atoms with Crippen molar-refractivity contribution in [1.29, 1.82) is 0 Å². The van der Waals surface area contributed by atoms with Crippen LogP contribution in [0.4, 0.5) is 11.4 Å². The third-order valence-corrected chi connectivity index (χ3v) is 7.23. The summed E-state index contributed by atoms with van der Waals surface area (Å²) in [5.74, 6) is 1.21. The molecule has 6 heteroatoms. The van der Waals surface area contributed by atoms with Gasteiger partial charge in [-0.1, -0.05) is 30.3 Å². The predicted molar refractivity (Wildman–Crippen MR) is 144 cm³/mol.